The third kappa shape index (κ3) is 1.01. The van der Waals surface area contributed by atoms with E-state index >= 15 is 0 Å². The number of para-hydroxylation sites is 1. The Balaban J connectivity index is 2.98. The molecule has 2 nitrogen and oxygen atoms in total. The SMILES string of the molecule is C=Cc1c(C=O)n(C)c2ccccc12. The summed E-state index contributed by atoms with van der Waals surface area (Å²) >= 11 is 0. The predicted octanol–water partition coefficient (Wildman–Crippen LogP) is 2.63. The van der Waals surface area contributed by atoms with Gasteiger partial charge in [-0.25, -0.2) is 0 Å². The molecule has 0 spiro atoms. The molecular weight excluding hydrogens is 174 g/mol. The van der Waals surface area contributed by atoms with Crippen LogP contribution in [0.15, 0.2) is 30.8 Å². The van der Waals surface area contributed by atoms with Crippen LogP contribution in [0.1, 0.15) is 16.1 Å². The summed E-state index contributed by atoms with van der Waals surface area (Å²) in [6.45, 7) is 3.73. The minimum atomic E-state index is 0.682. The lowest BCUT2D eigenvalue weighted by Gasteiger charge is -1.96. The van der Waals surface area contributed by atoms with Crippen molar-refractivity contribution in [2.75, 3.05) is 0 Å². The number of aryl methyl sites for hydroxylation is 1. The molecule has 0 aliphatic rings. The molecule has 2 rings (SSSR count). The van der Waals surface area contributed by atoms with Crippen LogP contribution in [0, 0.1) is 0 Å². The molecule has 0 aliphatic carbocycles. The summed E-state index contributed by atoms with van der Waals surface area (Å²) in [6, 6.07) is 7.92. The van der Waals surface area contributed by atoms with E-state index in [0.717, 1.165) is 22.8 Å². The number of carbonyl (C=O) groups is 1. The molecule has 0 atom stereocenters. The lowest BCUT2D eigenvalue weighted by atomic mass is 10.1. The maximum atomic E-state index is 10.9. The van der Waals surface area contributed by atoms with Gasteiger partial charge in [0.25, 0.3) is 0 Å². The summed E-state index contributed by atoms with van der Waals surface area (Å²) in [5, 5.41) is 1.08. The van der Waals surface area contributed by atoms with Gasteiger partial charge in [-0.15, -0.1) is 0 Å². The normalized spacial score (nSPS) is 10.4. The third-order valence-corrected chi connectivity index (χ3v) is 2.51. The molecule has 0 unspecified atom stereocenters. The molecule has 1 heterocycles. The maximum Gasteiger partial charge on any atom is 0.167 e. The molecule has 0 saturated heterocycles. The Labute approximate surface area is 82.5 Å². The first kappa shape index (κ1) is 8.75. The zero-order valence-electron chi connectivity index (χ0n) is 8.03. The number of hydrogen-bond donors (Lipinski definition) is 0. The van der Waals surface area contributed by atoms with Crippen LogP contribution in [0.2, 0.25) is 0 Å². The van der Waals surface area contributed by atoms with Gasteiger partial charge in [0.2, 0.25) is 0 Å². The summed E-state index contributed by atoms with van der Waals surface area (Å²) in [7, 11) is 1.89. The average Bonchev–Trinajstić information content (AvgIpc) is 2.51. The number of rotatable bonds is 2. The molecule has 14 heavy (non-hydrogen) atoms. The average molecular weight is 185 g/mol. The van der Waals surface area contributed by atoms with Crippen LogP contribution in [-0.2, 0) is 7.05 Å². The van der Waals surface area contributed by atoms with Crippen LogP contribution >= 0.6 is 0 Å². The Morgan fingerprint density at radius 3 is 2.71 bits per heavy atom. The Hall–Kier alpha value is -1.83. The fraction of sp³-hybridized carbons (Fsp3) is 0.0833. The van der Waals surface area contributed by atoms with E-state index in [-0.39, 0.29) is 0 Å². The predicted molar refractivity (Wildman–Crippen MR) is 58.4 cm³/mol. The summed E-state index contributed by atoms with van der Waals surface area (Å²) in [6.07, 6.45) is 2.60. The smallest absolute Gasteiger partial charge is 0.167 e. The van der Waals surface area contributed by atoms with Gasteiger partial charge in [-0.2, -0.15) is 0 Å². The van der Waals surface area contributed by atoms with Gasteiger partial charge in [-0.1, -0.05) is 30.9 Å². The van der Waals surface area contributed by atoms with Crippen molar-refractivity contribution in [2.45, 2.75) is 0 Å². The van der Waals surface area contributed by atoms with Gasteiger partial charge < -0.3 is 4.57 Å². The van der Waals surface area contributed by atoms with E-state index in [4.69, 9.17) is 0 Å². The Morgan fingerprint density at radius 1 is 1.36 bits per heavy atom. The van der Waals surface area contributed by atoms with Gasteiger partial charge in [-0.3, -0.25) is 4.79 Å². The van der Waals surface area contributed by atoms with Gasteiger partial charge in [0.15, 0.2) is 6.29 Å². The fourth-order valence-electron chi connectivity index (χ4n) is 1.80. The number of hydrogen-bond acceptors (Lipinski definition) is 1. The van der Waals surface area contributed by atoms with E-state index in [1.807, 2.05) is 35.9 Å². The van der Waals surface area contributed by atoms with Crippen LogP contribution in [-0.4, -0.2) is 10.9 Å². The summed E-state index contributed by atoms with van der Waals surface area (Å²) in [5.74, 6) is 0. The van der Waals surface area contributed by atoms with Crippen molar-refractivity contribution in [1.82, 2.24) is 4.57 Å². The molecule has 0 saturated carbocycles. The largest absolute Gasteiger partial charge is 0.341 e. The quantitative estimate of drug-likeness (QED) is 0.659. The first-order chi connectivity index (χ1) is 6.79. The number of aromatic nitrogens is 1. The van der Waals surface area contributed by atoms with Crippen molar-refractivity contribution >= 4 is 23.3 Å². The van der Waals surface area contributed by atoms with E-state index < -0.39 is 0 Å². The minimum absolute atomic E-state index is 0.682. The second-order valence-corrected chi connectivity index (χ2v) is 3.20. The molecule has 0 bridgehead atoms. The van der Waals surface area contributed by atoms with Crippen molar-refractivity contribution in [3.63, 3.8) is 0 Å². The highest BCUT2D eigenvalue weighted by atomic mass is 16.1. The van der Waals surface area contributed by atoms with Gasteiger partial charge >= 0.3 is 0 Å². The van der Waals surface area contributed by atoms with Crippen LogP contribution < -0.4 is 0 Å². The van der Waals surface area contributed by atoms with Crippen molar-refractivity contribution in [2.24, 2.45) is 7.05 Å². The minimum Gasteiger partial charge on any atom is -0.341 e. The van der Waals surface area contributed by atoms with Gasteiger partial charge in [0.05, 0.1) is 5.69 Å². The second kappa shape index (κ2) is 3.14. The highest BCUT2D eigenvalue weighted by Crippen LogP contribution is 2.24. The number of carbonyl (C=O) groups excluding carboxylic acids is 1. The number of fused-ring (bicyclic) bond motifs is 1. The van der Waals surface area contributed by atoms with E-state index in [0.29, 0.717) is 5.69 Å². The Kier molecular flexibility index (Phi) is 1.97. The first-order valence-electron chi connectivity index (χ1n) is 4.44. The van der Waals surface area contributed by atoms with Crippen LogP contribution in [0.3, 0.4) is 0 Å². The number of benzene rings is 1. The Bertz CT molecular complexity index is 508. The molecule has 1 aromatic heterocycles. The zero-order valence-corrected chi connectivity index (χ0v) is 8.03. The van der Waals surface area contributed by atoms with E-state index in [1.54, 1.807) is 6.08 Å². The van der Waals surface area contributed by atoms with Gasteiger partial charge in [-0.05, 0) is 6.07 Å². The monoisotopic (exact) mass is 185 g/mol. The van der Waals surface area contributed by atoms with Crippen molar-refractivity contribution in [1.29, 1.82) is 0 Å². The molecular formula is C12H11NO. The molecule has 1 aromatic carbocycles. The fourth-order valence-corrected chi connectivity index (χ4v) is 1.80. The Morgan fingerprint density at radius 2 is 2.07 bits per heavy atom. The van der Waals surface area contributed by atoms with E-state index in [2.05, 4.69) is 6.58 Å². The third-order valence-electron chi connectivity index (χ3n) is 2.51. The summed E-state index contributed by atoms with van der Waals surface area (Å²) in [4.78, 5) is 10.9. The highest BCUT2D eigenvalue weighted by molar-refractivity contribution is 5.98. The van der Waals surface area contributed by atoms with Crippen molar-refractivity contribution in [3.05, 3.63) is 42.1 Å². The van der Waals surface area contributed by atoms with Gasteiger partial charge in [0, 0.05) is 23.5 Å². The van der Waals surface area contributed by atoms with Crippen LogP contribution in [0.5, 0.6) is 0 Å². The topological polar surface area (TPSA) is 22.0 Å². The molecule has 2 heteroatoms. The van der Waals surface area contributed by atoms with Crippen molar-refractivity contribution in [3.8, 4) is 0 Å². The molecule has 0 radical (unpaired) electrons. The molecule has 0 amide bonds. The summed E-state index contributed by atoms with van der Waals surface area (Å²) in [5.41, 5.74) is 2.66. The van der Waals surface area contributed by atoms with E-state index in [1.165, 1.54) is 0 Å². The van der Waals surface area contributed by atoms with Crippen LogP contribution in [0.4, 0.5) is 0 Å². The van der Waals surface area contributed by atoms with Crippen LogP contribution in [0.25, 0.3) is 17.0 Å². The number of nitrogens with zero attached hydrogens (tertiary/aromatic N) is 1. The lowest BCUT2D eigenvalue weighted by molar-refractivity contribution is 0.111. The first-order valence-corrected chi connectivity index (χ1v) is 4.44. The van der Waals surface area contributed by atoms with Crippen molar-refractivity contribution < 1.29 is 4.79 Å². The molecule has 70 valence electrons. The zero-order chi connectivity index (χ0) is 10.1. The summed E-state index contributed by atoms with van der Waals surface area (Å²) < 4.78 is 1.89. The second-order valence-electron chi connectivity index (χ2n) is 3.20. The highest BCUT2D eigenvalue weighted by Gasteiger charge is 2.10. The number of aldehydes is 1. The molecule has 0 fully saturated rings. The molecule has 2 aromatic rings. The molecule has 0 aliphatic heterocycles. The van der Waals surface area contributed by atoms with E-state index in [9.17, 15) is 4.79 Å². The lowest BCUT2D eigenvalue weighted by Crippen LogP contribution is -1.94. The standard InChI is InChI=1S/C12H11NO/c1-3-9-10-6-4-5-7-11(10)13(2)12(9)8-14/h3-8H,1H2,2H3. The van der Waals surface area contributed by atoms with Gasteiger partial charge in [0.1, 0.15) is 0 Å². The molecule has 0 N–H and O–H groups in total. The maximum absolute atomic E-state index is 10.9.